The van der Waals surface area contributed by atoms with Crippen molar-refractivity contribution in [1.82, 2.24) is 4.90 Å². The molecule has 0 aliphatic carbocycles. The average molecular weight is 213 g/mol. The minimum atomic E-state index is -0.461. The first-order chi connectivity index (χ1) is 7.15. The number of likely N-dealkylation sites (N-methyl/N-ethyl adjacent to an activating group) is 1. The van der Waals surface area contributed by atoms with Crippen LogP contribution in [0.1, 0.15) is 27.2 Å². The third kappa shape index (κ3) is 5.88. The summed E-state index contributed by atoms with van der Waals surface area (Å²) in [6.45, 7) is 7.38. The van der Waals surface area contributed by atoms with Gasteiger partial charge in [0.05, 0.1) is 6.61 Å². The number of rotatable bonds is 6. The zero-order valence-corrected chi connectivity index (χ0v) is 9.66. The van der Waals surface area contributed by atoms with Crippen molar-refractivity contribution in [2.75, 3.05) is 19.7 Å². The number of carbonyl (C=O) groups is 2. The van der Waals surface area contributed by atoms with E-state index in [1.807, 2.05) is 20.8 Å². The van der Waals surface area contributed by atoms with E-state index in [-0.39, 0.29) is 5.91 Å². The molecule has 0 atom stereocenters. The largest absolute Gasteiger partial charge is 0.463 e. The zero-order valence-electron chi connectivity index (χ0n) is 9.66. The highest BCUT2D eigenvalue weighted by Crippen LogP contribution is 1.92. The second kappa shape index (κ2) is 8.03. The van der Waals surface area contributed by atoms with Crippen LogP contribution in [0.15, 0.2) is 12.2 Å². The van der Waals surface area contributed by atoms with Crippen molar-refractivity contribution in [3.05, 3.63) is 12.2 Å². The van der Waals surface area contributed by atoms with Gasteiger partial charge < -0.3 is 9.64 Å². The number of hydrogen-bond donors (Lipinski definition) is 0. The number of amides is 1. The monoisotopic (exact) mass is 213 g/mol. The van der Waals surface area contributed by atoms with E-state index < -0.39 is 5.97 Å². The van der Waals surface area contributed by atoms with Crippen LogP contribution in [0.5, 0.6) is 0 Å². The second-order valence-electron chi connectivity index (χ2n) is 3.01. The Labute approximate surface area is 90.9 Å². The maximum Gasteiger partial charge on any atom is 0.330 e. The molecule has 0 aromatic carbocycles. The minimum absolute atomic E-state index is 0.159. The molecule has 86 valence electrons. The third-order valence-electron chi connectivity index (χ3n) is 1.89. The molecule has 0 saturated carbocycles. The Balaban J connectivity index is 4.03. The predicted octanol–water partition coefficient (Wildman–Crippen LogP) is 1.36. The molecule has 0 bridgehead atoms. The normalized spacial score (nSPS) is 10.3. The lowest BCUT2D eigenvalue weighted by Crippen LogP contribution is -2.28. The van der Waals surface area contributed by atoms with Crippen LogP contribution in [-0.2, 0) is 14.3 Å². The van der Waals surface area contributed by atoms with E-state index in [4.69, 9.17) is 4.74 Å². The smallest absolute Gasteiger partial charge is 0.330 e. The maximum atomic E-state index is 11.4. The number of carbonyl (C=O) groups excluding carboxylic acids is 2. The van der Waals surface area contributed by atoms with Crippen LogP contribution in [0.25, 0.3) is 0 Å². The van der Waals surface area contributed by atoms with Crippen LogP contribution in [-0.4, -0.2) is 36.5 Å². The Morgan fingerprint density at radius 1 is 1.13 bits per heavy atom. The van der Waals surface area contributed by atoms with Crippen LogP contribution < -0.4 is 0 Å². The number of nitrogens with zero attached hydrogens (tertiary/aromatic N) is 1. The van der Waals surface area contributed by atoms with Gasteiger partial charge in [-0.3, -0.25) is 4.79 Å². The second-order valence-corrected chi connectivity index (χ2v) is 3.01. The van der Waals surface area contributed by atoms with Crippen molar-refractivity contribution in [3.8, 4) is 0 Å². The topological polar surface area (TPSA) is 46.6 Å². The van der Waals surface area contributed by atoms with Gasteiger partial charge in [-0.15, -0.1) is 0 Å². The molecule has 0 aromatic rings. The molecular formula is C11H19NO3. The Morgan fingerprint density at radius 3 is 2.20 bits per heavy atom. The van der Waals surface area contributed by atoms with Gasteiger partial charge in [-0.2, -0.15) is 0 Å². The molecule has 4 nitrogen and oxygen atoms in total. The fourth-order valence-corrected chi connectivity index (χ4v) is 1.03. The predicted molar refractivity (Wildman–Crippen MR) is 58.3 cm³/mol. The van der Waals surface area contributed by atoms with Gasteiger partial charge in [-0.05, 0) is 20.3 Å². The summed E-state index contributed by atoms with van der Waals surface area (Å²) in [6.07, 6.45) is 3.21. The van der Waals surface area contributed by atoms with Gasteiger partial charge in [-0.1, -0.05) is 6.92 Å². The first-order valence-electron chi connectivity index (χ1n) is 5.29. The van der Waals surface area contributed by atoms with Gasteiger partial charge in [0, 0.05) is 25.2 Å². The molecular weight excluding hydrogens is 194 g/mol. The Kier molecular flexibility index (Phi) is 7.32. The van der Waals surface area contributed by atoms with Gasteiger partial charge in [0.25, 0.3) is 0 Å². The molecule has 15 heavy (non-hydrogen) atoms. The summed E-state index contributed by atoms with van der Waals surface area (Å²) in [6, 6.07) is 0. The summed E-state index contributed by atoms with van der Waals surface area (Å²) in [5.74, 6) is -0.620. The van der Waals surface area contributed by atoms with E-state index in [2.05, 4.69) is 0 Å². The minimum Gasteiger partial charge on any atom is -0.463 e. The summed E-state index contributed by atoms with van der Waals surface area (Å²) in [5, 5.41) is 0. The van der Waals surface area contributed by atoms with Crippen molar-refractivity contribution in [2.24, 2.45) is 0 Å². The molecule has 0 radical (unpaired) electrons. The molecule has 0 fully saturated rings. The van der Waals surface area contributed by atoms with Gasteiger partial charge in [0.15, 0.2) is 0 Å². The summed E-state index contributed by atoms with van der Waals surface area (Å²) in [7, 11) is 0. The van der Waals surface area contributed by atoms with Crippen LogP contribution in [0.4, 0.5) is 0 Å². The third-order valence-corrected chi connectivity index (χ3v) is 1.89. The quantitative estimate of drug-likeness (QED) is 0.494. The molecule has 0 N–H and O–H groups in total. The molecule has 0 aliphatic rings. The van der Waals surface area contributed by atoms with Crippen molar-refractivity contribution < 1.29 is 14.3 Å². The van der Waals surface area contributed by atoms with Crippen molar-refractivity contribution in [2.45, 2.75) is 27.2 Å². The van der Waals surface area contributed by atoms with E-state index in [1.165, 1.54) is 12.2 Å². The number of ether oxygens (including phenoxy) is 1. The Bertz CT molecular complexity index is 232. The van der Waals surface area contributed by atoms with Crippen molar-refractivity contribution in [1.29, 1.82) is 0 Å². The highest BCUT2D eigenvalue weighted by molar-refractivity contribution is 5.94. The lowest BCUT2D eigenvalue weighted by atomic mass is 10.4. The average Bonchev–Trinajstić information content (AvgIpc) is 2.25. The fraction of sp³-hybridized carbons (Fsp3) is 0.636. The summed E-state index contributed by atoms with van der Waals surface area (Å²) in [5.41, 5.74) is 0. The van der Waals surface area contributed by atoms with Crippen LogP contribution in [0, 0.1) is 0 Å². The molecule has 4 heteroatoms. The van der Waals surface area contributed by atoms with E-state index in [1.54, 1.807) is 4.90 Å². The highest BCUT2D eigenvalue weighted by atomic mass is 16.5. The standard InChI is InChI=1S/C11H19NO3/c1-4-9-15-11(14)8-7-10(13)12(5-2)6-3/h7-8H,4-6,9H2,1-3H3/b8-7-. The first kappa shape index (κ1) is 13.7. The van der Waals surface area contributed by atoms with Gasteiger partial charge in [0.1, 0.15) is 0 Å². The van der Waals surface area contributed by atoms with Crippen LogP contribution in [0.3, 0.4) is 0 Å². The SMILES string of the molecule is CCCOC(=O)/C=C\C(=O)N(CC)CC. The van der Waals surface area contributed by atoms with Gasteiger partial charge in [-0.25, -0.2) is 4.79 Å². The number of hydrogen-bond acceptors (Lipinski definition) is 3. The number of esters is 1. The lowest BCUT2D eigenvalue weighted by molar-refractivity contribution is -0.138. The van der Waals surface area contributed by atoms with E-state index >= 15 is 0 Å². The molecule has 0 aliphatic heterocycles. The Hall–Kier alpha value is -1.32. The van der Waals surface area contributed by atoms with Crippen LogP contribution >= 0.6 is 0 Å². The van der Waals surface area contributed by atoms with Gasteiger partial charge >= 0.3 is 5.97 Å². The molecule has 0 spiro atoms. The fourth-order valence-electron chi connectivity index (χ4n) is 1.03. The maximum absolute atomic E-state index is 11.4. The summed E-state index contributed by atoms with van der Waals surface area (Å²) >= 11 is 0. The molecule has 1 amide bonds. The zero-order chi connectivity index (χ0) is 11.7. The molecule has 0 aromatic heterocycles. The van der Waals surface area contributed by atoms with E-state index in [0.717, 1.165) is 6.42 Å². The molecule has 0 unspecified atom stereocenters. The van der Waals surface area contributed by atoms with Crippen molar-refractivity contribution in [3.63, 3.8) is 0 Å². The van der Waals surface area contributed by atoms with E-state index in [0.29, 0.717) is 19.7 Å². The Morgan fingerprint density at radius 2 is 1.73 bits per heavy atom. The molecule has 0 rings (SSSR count). The summed E-state index contributed by atoms with van der Waals surface area (Å²) in [4.78, 5) is 24.1. The van der Waals surface area contributed by atoms with Gasteiger partial charge in [0.2, 0.25) is 5.91 Å². The van der Waals surface area contributed by atoms with E-state index in [9.17, 15) is 9.59 Å². The molecule has 0 saturated heterocycles. The molecule has 0 heterocycles. The van der Waals surface area contributed by atoms with Crippen molar-refractivity contribution >= 4 is 11.9 Å². The highest BCUT2D eigenvalue weighted by Gasteiger charge is 2.05. The summed E-state index contributed by atoms with van der Waals surface area (Å²) < 4.78 is 4.79. The first-order valence-corrected chi connectivity index (χ1v) is 5.29. The lowest BCUT2D eigenvalue weighted by Gasteiger charge is -2.15. The van der Waals surface area contributed by atoms with Crippen LogP contribution in [0.2, 0.25) is 0 Å².